The molecule has 3 nitrogen and oxygen atoms in total. The molecule has 1 heterocycles. The van der Waals surface area contributed by atoms with Crippen molar-refractivity contribution in [3.63, 3.8) is 0 Å². The summed E-state index contributed by atoms with van der Waals surface area (Å²) in [5, 5.41) is 7.19. The van der Waals surface area contributed by atoms with Crippen LogP contribution >= 0.6 is 11.3 Å². The molecule has 108 valence electrons. The second kappa shape index (κ2) is 6.82. The van der Waals surface area contributed by atoms with Gasteiger partial charge in [0.2, 0.25) is 0 Å². The summed E-state index contributed by atoms with van der Waals surface area (Å²) in [4.78, 5) is 4.77. The molecule has 0 aliphatic heterocycles. The monoisotopic (exact) mass is 282 g/mol. The first-order valence-electron chi connectivity index (χ1n) is 7.33. The molecule has 19 heavy (non-hydrogen) atoms. The molecule has 0 bridgehead atoms. The summed E-state index contributed by atoms with van der Waals surface area (Å²) in [6.45, 7) is 6.13. The number of aryl methyl sites for hydroxylation is 1. The minimum absolute atomic E-state index is 0.0855. The van der Waals surface area contributed by atoms with Gasteiger partial charge in [-0.2, -0.15) is 0 Å². The van der Waals surface area contributed by atoms with Gasteiger partial charge in [-0.25, -0.2) is 4.98 Å². The van der Waals surface area contributed by atoms with Crippen LogP contribution in [0.2, 0.25) is 0 Å². The van der Waals surface area contributed by atoms with Crippen molar-refractivity contribution in [1.82, 2.24) is 10.3 Å². The Kier molecular flexibility index (Phi) is 5.37. The van der Waals surface area contributed by atoms with E-state index in [2.05, 4.69) is 24.5 Å². The Balaban J connectivity index is 2.16. The fraction of sp³-hybridized carbons (Fsp3) is 0.800. The molecule has 2 unspecified atom stereocenters. The largest absolute Gasteiger partial charge is 0.383 e. The molecule has 1 aromatic heterocycles. The molecule has 1 aliphatic rings. The number of hydrogen-bond acceptors (Lipinski definition) is 4. The second-order valence-electron chi connectivity index (χ2n) is 5.83. The lowest BCUT2D eigenvalue weighted by Crippen LogP contribution is -2.43. The first-order valence-corrected chi connectivity index (χ1v) is 8.21. The van der Waals surface area contributed by atoms with Crippen molar-refractivity contribution in [3.05, 3.63) is 16.1 Å². The van der Waals surface area contributed by atoms with Gasteiger partial charge in [0.15, 0.2) is 0 Å². The van der Waals surface area contributed by atoms with Gasteiger partial charge in [-0.3, -0.25) is 0 Å². The van der Waals surface area contributed by atoms with Gasteiger partial charge < -0.3 is 10.1 Å². The van der Waals surface area contributed by atoms with E-state index in [1.165, 1.54) is 37.1 Å². The van der Waals surface area contributed by atoms with Crippen molar-refractivity contribution in [2.45, 2.75) is 51.5 Å². The minimum atomic E-state index is 0.0855. The van der Waals surface area contributed by atoms with Crippen LogP contribution in [0.3, 0.4) is 0 Å². The molecule has 2 atom stereocenters. The molecule has 4 heteroatoms. The topological polar surface area (TPSA) is 34.1 Å². The molecule has 0 spiro atoms. The van der Waals surface area contributed by atoms with Crippen LogP contribution in [0, 0.1) is 12.8 Å². The quantitative estimate of drug-likeness (QED) is 0.663. The van der Waals surface area contributed by atoms with E-state index in [0.29, 0.717) is 0 Å². The molecular weight excluding hydrogens is 256 g/mol. The maximum atomic E-state index is 5.19. The van der Waals surface area contributed by atoms with Gasteiger partial charge in [0.1, 0.15) is 5.01 Å². The number of nitrogens with one attached hydrogen (secondary N) is 1. The third-order valence-corrected chi connectivity index (χ3v) is 5.33. The molecule has 1 saturated carbocycles. The first-order chi connectivity index (χ1) is 9.16. The van der Waals surface area contributed by atoms with Crippen LogP contribution in [0.5, 0.6) is 0 Å². The van der Waals surface area contributed by atoms with E-state index in [0.717, 1.165) is 24.8 Å². The average molecular weight is 282 g/mol. The predicted molar refractivity (Wildman–Crippen MR) is 80.7 cm³/mol. The number of methoxy groups -OCH3 is 1. The van der Waals surface area contributed by atoms with Crippen molar-refractivity contribution in [3.8, 4) is 0 Å². The number of nitrogens with zero attached hydrogens (tertiary/aromatic N) is 1. The molecule has 2 rings (SSSR count). The number of thiazole rings is 1. The first kappa shape index (κ1) is 14.9. The molecule has 0 aromatic carbocycles. The summed E-state index contributed by atoms with van der Waals surface area (Å²) < 4.78 is 5.19. The van der Waals surface area contributed by atoms with E-state index in [-0.39, 0.29) is 5.54 Å². The highest BCUT2D eigenvalue weighted by atomic mass is 32.1. The normalized spacial score (nSPS) is 28.3. The minimum Gasteiger partial charge on any atom is -0.383 e. The zero-order chi connectivity index (χ0) is 13.7. The summed E-state index contributed by atoms with van der Waals surface area (Å²) in [6, 6.07) is 0. The maximum absolute atomic E-state index is 5.19. The van der Waals surface area contributed by atoms with Crippen molar-refractivity contribution in [2.24, 2.45) is 5.92 Å². The molecule has 0 saturated heterocycles. The third kappa shape index (κ3) is 3.77. The summed E-state index contributed by atoms with van der Waals surface area (Å²) in [6.07, 6.45) is 6.33. The van der Waals surface area contributed by atoms with Gasteiger partial charge in [0.05, 0.1) is 12.1 Å². The lowest BCUT2D eigenvalue weighted by Gasteiger charge is -2.32. The van der Waals surface area contributed by atoms with Gasteiger partial charge in [-0.15, -0.1) is 11.3 Å². The van der Waals surface area contributed by atoms with Crippen LogP contribution in [0.25, 0.3) is 0 Å². The highest BCUT2D eigenvalue weighted by molar-refractivity contribution is 7.09. The van der Waals surface area contributed by atoms with Crippen LogP contribution in [0.1, 0.15) is 49.7 Å². The Morgan fingerprint density at radius 1 is 1.47 bits per heavy atom. The second-order valence-corrected chi connectivity index (χ2v) is 6.69. The van der Waals surface area contributed by atoms with Gasteiger partial charge in [-0.05, 0) is 32.1 Å². The zero-order valence-electron chi connectivity index (χ0n) is 12.4. The summed E-state index contributed by atoms with van der Waals surface area (Å²) in [5.74, 6) is 0.840. The Morgan fingerprint density at radius 3 is 3.00 bits per heavy atom. The van der Waals surface area contributed by atoms with Gasteiger partial charge in [0, 0.05) is 24.7 Å². The molecular formula is C15H26N2OS. The fourth-order valence-electron chi connectivity index (χ4n) is 2.95. The highest BCUT2D eigenvalue weighted by Crippen LogP contribution is 2.39. The van der Waals surface area contributed by atoms with Crippen LogP contribution < -0.4 is 5.32 Å². The molecule has 1 N–H and O–H groups in total. The highest BCUT2D eigenvalue weighted by Gasteiger charge is 2.36. The smallest absolute Gasteiger partial charge is 0.113 e. The molecule has 0 amide bonds. The molecule has 0 radical (unpaired) electrons. The summed E-state index contributed by atoms with van der Waals surface area (Å²) in [7, 11) is 1.76. The molecule has 1 fully saturated rings. The summed E-state index contributed by atoms with van der Waals surface area (Å²) in [5.41, 5.74) is 1.23. The van der Waals surface area contributed by atoms with Crippen LogP contribution in [-0.2, 0) is 10.3 Å². The SMILES string of the molecule is COCCNC1(c2nc(C)cs2)CCCC(C)CC1. The molecule has 1 aromatic rings. The maximum Gasteiger partial charge on any atom is 0.113 e. The standard InChI is InChI=1S/C15H26N2OS/c1-12-5-4-7-15(8-6-12,16-9-10-18-3)14-17-13(2)11-19-14/h11-12,16H,4-10H2,1-3H3. The molecule has 1 aliphatic carbocycles. The van der Waals surface area contributed by atoms with E-state index < -0.39 is 0 Å². The van der Waals surface area contributed by atoms with E-state index in [9.17, 15) is 0 Å². The number of hydrogen-bond donors (Lipinski definition) is 1. The Labute approximate surface area is 120 Å². The predicted octanol–water partition coefficient (Wildman–Crippen LogP) is 3.48. The van der Waals surface area contributed by atoms with E-state index in [1.807, 2.05) is 11.3 Å². The van der Waals surface area contributed by atoms with Gasteiger partial charge >= 0.3 is 0 Å². The van der Waals surface area contributed by atoms with E-state index in [1.54, 1.807) is 7.11 Å². The van der Waals surface area contributed by atoms with Crippen molar-refractivity contribution in [1.29, 1.82) is 0 Å². The van der Waals surface area contributed by atoms with Gasteiger partial charge in [0.25, 0.3) is 0 Å². The number of ether oxygens (including phenoxy) is 1. The Hall–Kier alpha value is -0.450. The van der Waals surface area contributed by atoms with Crippen LogP contribution in [0.4, 0.5) is 0 Å². The van der Waals surface area contributed by atoms with Crippen LogP contribution in [-0.4, -0.2) is 25.2 Å². The van der Waals surface area contributed by atoms with Gasteiger partial charge in [-0.1, -0.05) is 19.8 Å². The van der Waals surface area contributed by atoms with Crippen molar-refractivity contribution >= 4 is 11.3 Å². The Bertz CT molecular complexity index is 393. The zero-order valence-corrected chi connectivity index (χ0v) is 13.2. The lowest BCUT2D eigenvalue weighted by atomic mass is 9.90. The Morgan fingerprint density at radius 2 is 2.32 bits per heavy atom. The van der Waals surface area contributed by atoms with Crippen molar-refractivity contribution in [2.75, 3.05) is 20.3 Å². The number of rotatable bonds is 5. The van der Waals surface area contributed by atoms with E-state index >= 15 is 0 Å². The fourth-order valence-corrected chi connectivity index (χ4v) is 3.98. The number of aromatic nitrogens is 1. The van der Waals surface area contributed by atoms with E-state index in [4.69, 9.17) is 9.72 Å². The van der Waals surface area contributed by atoms with Crippen molar-refractivity contribution < 1.29 is 4.74 Å². The van der Waals surface area contributed by atoms with Crippen LogP contribution in [0.15, 0.2) is 5.38 Å². The lowest BCUT2D eigenvalue weighted by molar-refractivity contribution is 0.177. The third-order valence-electron chi connectivity index (χ3n) is 4.16. The average Bonchev–Trinajstić information content (AvgIpc) is 2.74. The summed E-state index contributed by atoms with van der Waals surface area (Å²) >= 11 is 1.81.